The molecule has 4 aromatic rings. The van der Waals surface area contributed by atoms with E-state index in [1.807, 2.05) is 6.07 Å². The van der Waals surface area contributed by atoms with Gasteiger partial charge in [-0.1, -0.05) is 72.8 Å². The molecule has 1 aromatic heterocycles. The van der Waals surface area contributed by atoms with Gasteiger partial charge >= 0.3 is 0 Å². The summed E-state index contributed by atoms with van der Waals surface area (Å²) in [6, 6.07) is 27.7. The van der Waals surface area contributed by atoms with Crippen LogP contribution in [0.1, 0.15) is 22.9 Å². The minimum atomic E-state index is -0.0130. The average Bonchev–Trinajstić information content (AvgIpc) is 3.08. The van der Waals surface area contributed by atoms with Crippen molar-refractivity contribution in [3.05, 3.63) is 95.7 Å². The van der Waals surface area contributed by atoms with Crippen molar-refractivity contribution in [1.29, 1.82) is 0 Å². The monoisotopic (exact) mass is 325 g/mol. The molecule has 0 amide bonds. The highest BCUT2D eigenvalue weighted by atomic mass is 16.5. The highest BCUT2D eigenvalue weighted by Crippen LogP contribution is 2.36. The van der Waals surface area contributed by atoms with Gasteiger partial charge < -0.3 is 9.72 Å². The zero-order valence-electron chi connectivity index (χ0n) is 13.9. The molecule has 2 nitrogen and oxygen atoms in total. The number of nitrogens with one attached hydrogen (secondary N) is 1. The number of benzene rings is 3. The van der Waals surface area contributed by atoms with Crippen LogP contribution >= 0.6 is 0 Å². The summed E-state index contributed by atoms with van der Waals surface area (Å²) in [5.41, 5.74) is 7.48. The van der Waals surface area contributed by atoms with Gasteiger partial charge in [-0.05, 0) is 34.7 Å². The molecule has 5 rings (SSSR count). The maximum atomic E-state index is 6.13. The second kappa shape index (κ2) is 5.91. The summed E-state index contributed by atoms with van der Waals surface area (Å²) in [4.78, 5) is 3.59. The fourth-order valence-corrected chi connectivity index (χ4v) is 3.82. The number of ether oxygens (including phenoxy) is 1. The predicted octanol–water partition coefficient (Wildman–Crippen LogP) is 5.50. The zero-order valence-corrected chi connectivity index (χ0v) is 13.9. The Morgan fingerprint density at radius 2 is 1.48 bits per heavy atom. The first-order chi connectivity index (χ1) is 12.4. The molecule has 0 aliphatic carbocycles. The molecule has 0 radical (unpaired) electrons. The Hall–Kier alpha value is -2.84. The lowest BCUT2D eigenvalue weighted by Crippen LogP contribution is -2.16. The summed E-state index contributed by atoms with van der Waals surface area (Å²) in [5.74, 6) is 0. The van der Waals surface area contributed by atoms with E-state index in [2.05, 4.69) is 77.8 Å². The summed E-state index contributed by atoms with van der Waals surface area (Å²) in [6.07, 6.45) is 0.957. The quantitative estimate of drug-likeness (QED) is 0.517. The van der Waals surface area contributed by atoms with Crippen LogP contribution in [0.15, 0.2) is 78.9 Å². The van der Waals surface area contributed by atoms with Crippen LogP contribution < -0.4 is 0 Å². The SMILES string of the molecule is c1ccc(-c2ccc(C3OCCc4c3[nH]c3ccccc43)cc2)cc1. The van der Waals surface area contributed by atoms with Crippen LogP contribution in [0.2, 0.25) is 0 Å². The van der Waals surface area contributed by atoms with Crippen molar-refractivity contribution in [1.82, 2.24) is 4.98 Å². The van der Waals surface area contributed by atoms with Gasteiger partial charge in [0.2, 0.25) is 0 Å². The van der Waals surface area contributed by atoms with E-state index in [9.17, 15) is 0 Å². The number of fused-ring (bicyclic) bond motifs is 3. The van der Waals surface area contributed by atoms with Crippen molar-refractivity contribution in [3.8, 4) is 11.1 Å². The first kappa shape index (κ1) is 14.5. The van der Waals surface area contributed by atoms with E-state index in [4.69, 9.17) is 4.74 Å². The largest absolute Gasteiger partial charge is 0.367 e. The second-order valence-corrected chi connectivity index (χ2v) is 6.55. The van der Waals surface area contributed by atoms with Crippen molar-refractivity contribution < 1.29 is 4.74 Å². The number of hydrogen-bond donors (Lipinski definition) is 1. The molecule has 0 saturated heterocycles. The number of para-hydroxylation sites is 1. The van der Waals surface area contributed by atoms with Gasteiger partial charge in [0.05, 0.1) is 12.3 Å². The lowest BCUT2D eigenvalue weighted by atomic mass is 9.96. The Morgan fingerprint density at radius 3 is 2.32 bits per heavy atom. The van der Waals surface area contributed by atoms with E-state index in [0.29, 0.717) is 0 Å². The van der Waals surface area contributed by atoms with Crippen LogP contribution in [0.4, 0.5) is 0 Å². The van der Waals surface area contributed by atoms with E-state index >= 15 is 0 Å². The summed E-state index contributed by atoms with van der Waals surface area (Å²) >= 11 is 0. The van der Waals surface area contributed by atoms with Gasteiger partial charge in [0.25, 0.3) is 0 Å². The topological polar surface area (TPSA) is 25.0 Å². The Labute approximate surface area is 147 Å². The molecule has 0 fully saturated rings. The third kappa shape index (κ3) is 2.46. The van der Waals surface area contributed by atoms with E-state index in [1.54, 1.807) is 0 Å². The fraction of sp³-hybridized carbons (Fsp3) is 0.130. The third-order valence-electron chi connectivity index (χ3n) is 5.07. The van der Waals surface area contributed by atoms with Crippen molar-refractivity contribution in [3.63, 3.8) is 0 Å². The third-order valence-corrected chi connectivity index (χ3v) is 5.07. The lowest BCUT2D eigenvalue weighted by Gasteiger charge is -2.24. The highest BCUT2D eigenvalue weighted by Gasteiger charge is 2.26. The van der Waals surface area contributed by atoms with Crippen molar-refractivity contribution in [2.45, 2.75) is 12.5 Å². The van der Waals surface area contributed by atoms with Gasteiger partial charge in [0, 0.05) is 10.9 Å². The van der Waals surface area contributed by atoms with E-state index in [0.717, 1.165) is 13.0 Å². The van der Waals surface area contributed by atoms with Gasteiger partial charge in [-0.15, -0.1) is 0 Å². The molecule has 1 unspecified atom stereocenters. The molecule has 2 heterocycles. The number of hydrogen-bond acceptors (Lipinski definition) is 1. The van der Waals surface area contributed by atoms with Crippen molar-refractivity contribution in [2.75, 3.05) is 6.61 Å². The molecule has 1 atom stereocenters. The van der Waals surface area contributed by atoms with Crippen molar-refractivity contribution >= 4 is 10.9 Å². The molecule has 0 saturated carbocycles. The first-order valence-corrected chi connectivity index (χ1v) is 8.76. The van der Waals surface area contributed by atoms with E-state index in [1.165, 1.54) is 38.9 Å². The maximum Gasteiger partial charge on any atom is 0.123 e. The minimum absolute atomic E-state index is 0.0130. The number of H-pyrrole nitrogens is 1. The Kier molecular flexibility index (Phi) is 3.43. The van der Waals surface area contributed by atoms with Crippen LogP contribution in [-0.4, -0.2) is 11.6 Å². The Balaban J connectivity index is 1.55. The van der Waals surface area contributed by atoms with Crippen LogP contribution in [0.3, 0.4) is 0 Å². The van der Waals surface area contributed by atoms with Gasteiger partial charge in [-0.2, -0.15) is 0 Å². The van der Waals surface area contributed by atoms with Crippen molar-refractivity contribution in [2.24, 2.45) is 0 Å². The number of rotatable bonds is 2. The van der Waals surface area contributed by atoms with Gasteiger partial charge in [-0.25, -0.2) is 0 Å². The standard InChI is InChI=1S/C23H19NO/c1-2-6-16(7-3-1)17-10-12-18(13-11-17)23-22-20(14-15-25-23)19-8-4-5-9-21(19)24-22/h1-13,23-24H,14-15H2. The first-order valence-electron chi connectivity index (χ1n) is 8.76. The summed E-state index contributed by atoms with van der Waals surface area (Å²) in [7, 11) is 0. The van der Waals surface area contributed by atoms with E-state index in [-0.39, 0.29) is 6.10 Å². The normalized spacial score (nSPS) is 16.7. The fourth-order valence-electron chi connectivity index (χ4n) is 3.82. The molecule has 1 aliphatic rings. The molecule has 3 aromatic carbocycles. The lowest BCUT2D eigenvalue weighted by molar-refractivity contribution is 0.0677. The van der Waals surface area contributed by atoms with Gasteiger partial charge in [0.15, 0.2) is 0 Å². The van der Waals surface area contributed by atoms with E-state index < -0.39 is 0 Å². The zero-order chi connectivity index (χ0) is 16.6. The molecular weight excluding hydrogens is 306 g/mol. The molecule has 122 valence electrons. The van der Waals surface area contributed by atoms with Gasteiger partial charge in [0.1, 0.15) is 6.10 Å². The van der Waals surface area contributed by atoms with Crippen LogP contribution in [0, 0.1) is 0 Å². The molecule has 0 bridgehead atoms. The minimum Gasteiger partial charge on any atom is -0.367 e. The Morgan fingerprint density at radius 1 is 0.760 bits per heavy atom. The molecular formula is C23H19NO. The van der Waals surface area contributed by atoms with Crippen LogP contribution in [0.5, 0.6) is 0 Å². The molecule has 1 N–H and O–H groups in total. The molecule has 1 aliphatic heterocycles. The Bertz CT molecular complexity index is 1020. The number of aromatic nitrogens is 1. The maximum absolute atomic E-state index is 6.13. The van der Waals surface area contributed by atoms with Gasteiger partial charge in [-0.3, -0.25) is 0 Å². The number of aromatic amines is 1. The summed E-state index contributed by atoms with van der Waals surface area (Å²) < 4.78 is 6.13. The summed E-state index contributed by atoms with van der Waals surface area (Å²) in [5, 5.41) is 1.33. The molecule has 0 spiro atoms. The van der Waals surface area contributed by atoms with Crippen LogP contribution in [-0.2, 0) is 11.2 Å². The molecule has 2 heteroatoms. The predicted molar refractivity (Wildman–Crippen MR) is 102 cm³/mol. The average molecular weight is 325 g/mol. The smallest absolute Gasteiger partial charge is 0.123 e. The second-order valence-electron chi connectivity index (χ2n) is 6.55. The summed E-state index contributed by atoms with van der Waals surface area (Å²) in [6.45, 7) is 0.764. The van der Waals surface area contributed by atoms with Crippen LogP contribution in [0.25, 0.3) is 22.0 Å². The highest BCUT2D eigenvalue weighted by molar-refractivity contribution is 5.85. The molecule has 25 heavy (non-hydrogen) atoms.